The van der Waals surface area contributed by atoms with E-state index in [1.165, 1.54) is 0 Å². The van der Waals surface area contributed by atoms with E-state index in [9.17, 15) is 4.79 Å². The first-order chi connectivity index (χ1) is 11.1. The van der Waals surface area contributed by atoms with E-state index in [0.29, 0.717) is 5.02 Å². The van der Waals surface area contributed by atoms with Crippen molar-refractivity contribution in [1.29, 1.82) is 0 Å². The van der Waals surface area contributed by atoms with Gasteiger partial charge in [0.05, 0.1) is 11.7 Å². The molecule has 0 bridgehead atoms. The Labute approximate surface area is 140 Å². The number of nitrogens with zero attached hydrogens (tertiary/aromatic N) is 2. The first-order valence-electron chi connectivity index (χ1n) is 7.88. The molecule has 1 aromatic heterocycles. The van der Waals surface area contributed by atoms with E-state index in [2.05, 4.69) is 10.5 Å². The van der Waals surface area contributed by atoms with Crippen LogP contribution in [0.15, 0.2) is 28.8 Å². The normalized spacial score (nSPS) is 17.5. The van der Waals surface area contributed by atoms with Crippen LogP contribution in [0, 0.1) is 6.92 Å². The zero-order valence-electron chi connectivity index (χ0n) is 13.3. The molecule has 0 spiro atoms. The Hall–Kier alpha value is -2.01. The molecule has 1 saturated heterocycles. The highest BCUT2D eigenvalue weighted by Crippen LogP contribution is 2.36. The van der Waals surface area contributed by atoms with Gasteiger partial charge in [-0.1, -0.05) is 23.7 Å². The lowest BCUT2D eigenvalue weighted by molar-refractivity contribution is 0.206. The van der Waals surface area contributed by atoms with Gasteiger partial charge in [0.2, 0.25) is 0 Å². The van der Waals surface area contributed by atoms with E-state index in [1.54, 1.807) is 24.3 Å². The molecule has 0 saturated carbocycles. The number of carbonyl (C=O) groups is 1. The fourth-order valence-corrected chi connectivity index (χ4v) is 3.27. The van der Waals surface area contributed by atoms with Gasteiger partial charge in [-0.3, -0.25) is 0 Å². The number of halogens is 1. The number of likely N-dealkylation sites (tertiary alicyclic amines) is 1. The smallest absolute Gasteiger partial charge is 0.322 e. The molecule has 5 nitrogen and oxygen atoms in total. The number of rotatable bonds is 3. The summed E-state index contributed by atoms with van der Waals surface area (Å²) in [5, 5.41) is 7.66. The average Bonchev–Trinajstić information content (AvgIpc) is 3.15. The van der Waals surface area contributed by atoms with E-state index < -0.39 is 0 Å². The third-order valence-electron chi connectivity index (χ3n) is 4.25. The summed E-state index contributed by atoms with van der Waals surface area (Å²) in [4.78, 5) is 14.5. The van der Waals surface area contributed by atoms with Crippen molar-refractivity contribution in [2.45, 2.75) is 39.2 Å². The van der Waals surface area contributed by atoms with E-state index in [1.807, 2.05) is 18.7 Å². The third-order valence-corrected chi connectivity index (χ3v) is 4.50. The highest BCUT2D eigenvalue weighted by atomic mass is 35.5. The fourth-order valence-electron chi connectivity index (χ4n) is 3.14. The number of carbonyl (C=O) groups excluding carboxylic acids is 1. The first kappa shape index (κ1) is 15.9. The van der Waals surface area contributed by atoms with Crippen molar-refractivity contribution >= 4 is 23.3 Å². The Morgan fingerprint density at radius 1 is 1.43 bits per heavy atom. The second-order valence-electron chi connectivity index (χ2n) is 5.75. The number of anilines is 1. The lowest BCUT2D eigenvalue weighted by atomic mass is 10.0. The first-order valence-corrected chi connectivity index (χ1v) is 8.26. The Kier molecular flexibility index (Phi) is 4.57. The number of aromatic nitrogens is 1. The van der Waals surface area contributed by atoms with E-state index >= 15 is 0 Å². The van der Waals surface area contributed by atoms with Crippen molar-refractivity contribution in [2.24, 2.45) is 0 Å². The molecule has 3 rings (SSSR count). The van der Waals surface area contributed by atoms with Crippen molar-refractivity contribution in [1.82, 2.24) is 10.1 Å². The molecule has 1 aliphatic rings. The van der Waals surface area contributed by atoms with Crippen LogP contribution in [0.1, 0.15) is 42.8 Å². The van der Waals surface area contributed by atoms with Gasteiger partial charge in [0.25, 0.3) is 0 Å². The van der Waals surface area contributed by atoms with E-state index in [-0.39, 0.29) is 12.1 Å². The minimum atomic E-state index is -0.0996. The lowest BCUT2D eigenvalue weighted by Gasteiger charge is -2.25. The number of aryl methyl sites for hydroxylation is 2. The van der Waals surface area contributed by atoms with Gasteiger partial charge in [0.15, 0.2) is 0 Å². The Morgan fingerprint density at radius 3 is 2.87 bits per heavy atom. The molecule has 23 heavy (non-hydrogen) atoms. The zero-order valence-corrected chi connectivity index (χ0v) is 14.1. The minimum absolute atomic E-state index is 0.0310. The van der Waals surface area contributed by atoms with Crippen molar-refractivity contribution in [3.63, 3.8) is 0 Å². The third kappa shape index (κ3) is 3.20. The molecular formula is C17H20ClN3O2. The topological polar surface area (TPSA) is 58.4 Å². The van der Waals surface area contributed by atoms with Gasteiger partial charge in [0, 0.05) is 29.2 Å². The Balaban J connectivity index is 1.79. The Bertz CT molecular complexity index is 696. The monoisotopic (exact) mass is 333 g/mol. The number of nitrogens with one attached hydrogen (secondary N) is 1. The predicted molar refractivity (Wildman–Crippen MR) is 89.8 cm³/mol. The molecule has 2 heterocycles. The Morgan fingerprint density at radius 2 is 2.17 bits per heavy atom. The maximum atomic E-state index is 12.6. The molecule has 2 aromatic rings. The summed E-state index contributed by atoms with van der Waals surface area (Å²) in [5.41, 5.74) is 2.68. The van der Waals surface area contributed by atoms with Gasteiger partial charge in [-0.15, -0.1) is 0 Å². The van der Waals surface area contributed by atoms with Crippen molar-refractivity contribution in [2.75, 3.05) is 11.9 Å². The highest BCUT2D eigenvalue weighted by molar-refractivity contribution is 6.30. The summed E-state index contributed by atoms with van der Waals surface area (Å²) < 4.78 is 5.39. The molecule has 1 atom stereocenters. The van der Waals surface area contributed by atoms with Crippen LogP contribution in [0.4, 0.5) is 10.5 Å². The van der Waals surface area contributed by atoms with Crippen LogP contribution < -0.4 is 5.32 Å². The molecule has 1 aromatic carbocycles. The van der Waals surface area contributed by atoms with Crippen LogP contribution in [0.25, 0.3) is 0 Å². The summed E-state index contributed by atoms with van der Waals surface area (Å²) in [6, 6.07) is 7.05. The van der Waals surface area contributed by atoms with E-state index in [4.69, 9.17) is 16.1 Å². The molecule has 0 aliphatic carbocycles. The summed E-state index contributed by atoms with van der Waals surface area (Å²) in [6.07, 6.45) is 2.69. The van der Waals surface area contributed by atoms with Gasteiger partial charge in [-0.05, 0) is 44.0 Å². The quantitative estimate of drug-likeness (QED) is 0.895. The van der Waals surface area contributed by atoms with Crippen LogP contribution in [0.2, 0.25) is 5.02 Å². The molecule has 1 aliphatic heterocycles. The molecular weight excluding hydrogens is 314 g/mol. The molecule has 0 unspecified atom stereocenters. The average molecular weight is 334 g/mol. The van der Waals surface area contributed by atoms with Gasteiger partial charge in [-0.25, -0.2) is 4.79 Å². The predicted octanol–water partition coefficient (Wildman–Crippen LogP) is 4.57. The van der Waals surface area contributed by atoms with Crippen molar-refractivity contribution in [3.8, 4) is 0 Å². The van der Waals surface area contributed by atoms with Gasteiger partial charge < -0.3 is 14.7 Å². The highest BCUT2D eigenvalue weighted by Gasteiger charge is 2.34. The molecule has 122 valence electrons. The summed E-state index contributed by atoms with van der Waals surface area (Å²) in [5.74, 6) is 0.874. The summed E-state index contributed by atoms with van der Waals surface area (Å²) in [7, 11) is 0. The van der Waals surface area contributed by atoms with Crippen LogP contribution in [0.3, 0.4) is 0 Å². The zero-order chi connectivity index (χ0) is 16.4. The number of amides is 2. The maximum absolute atomic E-state index is 12.6. The second kappa shape index (κ2) is 6.62. The van der Waals surface area contributed by atoms with Crippen molar-refractivity contribution in [3.05, 3.63) is 46.3 Å². The number of hydrogen-bond acceptors (Lipinski definition) is 3. The van der Waals surface area contributed by atoms with Crippen LogP contribution in [-0.2, 0) is 6.42 Å². The fraction of sp³-hybridized carbons (Fsp3) is 0.412. The molecule has 0 radical (unpaired) electrons. The summed E-state index contributed by atoms with van der Waals surface area (Å²) in [6.45, 7) is 4.71. The standard InChI is InChI=1S/C17H20ClN3O2/c1-3-15-16(11(2)20-23-15)14-5-4-10-21(14)17(22)19-13-8-6-12(18)7-9-13/h6-9,14H,3-5,10H2,1-2H3,(H,19,22)/t14-/m1/s1. The van der Waals surface area contributed by atoms with Crippen LogP contribution in [0.5, 0.6) is 0 Å². The largest absolute Gasteiger partial charge is 0.361 e. The van der Waals surface area contributed by atoms with Crippen molar-refractivity contribution < 1.29 is 9.32 Å². The number of urea groups is 1. The minimum Gasteiger partial charge on any atom is -0.361 e. The van der Waals surface area contributed by atoms with E-state index in [0.717, 1.165) is 48.5 Å². The van der Waals surface area contributed by atoms with Crippen LogP contribution >= 0.6 is 11.6 Å². The SMILES string of the molecule is CCc1onc(C)c1[C@H]1CCCN1C(=O)Nc1ccc(Cl)cc1. The molecule has 1 fully saturated rings. The summed E-state index contributed by atoms with van der Waals surface area (Å²) >= 11 is 5.88. The maximum Gasteiger partial charge on any atom is 0.322 e. The van der Waals surface area contributed by atoms with Gasteiger partial charge >= 0.3 is 6.03 Å². The van der Waals surface area contributed by atoms with Crippen LogP contribution in [-0.4, -0.2) is 22.6 Å². The number of benzene rings is 1. The molecule has 6 heteroatoms. The van der Waals surface area contributed by atoms with Gasteiger partial charge in [0.1, 0.15) is 5.76 Å². The van der Waals surface area contributed by atoms with Gasteiger partial charge in [-0.2, -0.15) is 0 Å². The number of hydrogen-bond donors (Lipinski definition) is 1. The second-order valence-corrected chi connectivity index (χ2v) is 6.18. The molecule has 1 N–H and O–H groups in total. The lowest BCUT2D eigenvalue weighted by Crippen LogP contribution is -2.34. The molecule has 2 amide bonds.